The molecular formula is C10H10N2O2. The van der Waals surface area contributed by atoms with E-state index >= 15 is 0 Å². The second-order valence-corrected chi connectivity index (χ2v) is 3.16. The van der Waals surface area contributed by atoms with Gasteiger partial charge >= 0.3 is 0 Å². The van der Waals surface area contributed by atoms with E-state index in [1.54, 1.807) is 12.2 Å². The summed E-state index contributed by atoms with van der Waals surface area (Å²) in [5.41, 5.74) is 1.78. The largest absolute Gasteiger partial charge is 0.506 e. The standard InChI is InChI=1S/C10H10N2O2/c13-9-1-7(3-11-5-9)8-2-10(14)6-12-4-8/h1-2,5-6,11,13H,3-4H2. The highest BCUT2D eigenvalue weighted by Gasteiger charge is 2.12. The van der Waals surface area contributed by atoms with Crippen LogP contribution in [-0.4, -0.2) is 30.2 Å². The summed E-state index contributed by atoms with van der Waals surface area (Å²) in [6, 6.07) is 0. The van der Waals surface area contributed by atoms with Crippen LogP contribution in [0.1, 0.15) is 0 Å². The first-order valence-electron chi connectivity index (χ1n) is 4.33. The number of carbonyl (C=O) groups excluding carboxylic acids is 1. The lowest BCUT2D eigenvalue weighted by molar-refractivity contribution is -0.108. The predicted octanol–water partition coefficient (Wildman–Crippen LogP) is 0.495. The number of aliphatic imine (C=N–C) groups is 1. The van der Waals surface area contributed by atoms with Crippen LogP contribution in [0.25, 0.3) is 0 Å². The van der Waals surface area contributed by atoms with Gasteiger partial charge in [0.15, 0.2) is 5.78 Å². The van der Waals surface area contributed by atoms with Crippen molar-refractivity contribution >= 4 is 12.0 Å². The third-order valence-corrected chi connectivity index (χ3v) is 2.07. The highest BCUT2D eigenvalue weighted by molar-refractivity contribution is 6.33. The number of rotatable bonds is 1. The van der Waals surface area contributed by atoms with Crippen molar-refractivity contribution in [1.29, 1.82) is 0 Å². The number of aliphatic hydroxyl groups excluding tert-OH is 1. The molecule has 2 aliphatic heterocycles. The van der Waals surface area contributed by atoms with Crippen LogP contribution in [0.2, 0.25) is 0 Å². The molecule has 2 rings (SSSR count). The zero-order valence-corrected chi connectivity index (χ0v) is 7.53. The Morgan fingerprint density at radius 2 is 2.21 bits per heavy atom. The summed E-state index contributed by atoms with van der Waals surface area (Å²) in [6.45, 7) is 1.13. The van der Waals surface area contributed by atoms with E-state index in [-0.39, 0.29) is 11.5 Å². The van der Waals surface area contributed by atoms with E-state index in [1.807, 2.05) is 0 Å². The van der Waals surface area contributed by atoms with Crippen molar-refractivity contribution in [3.63, 3.8) is 0 Å². The van der Waals surface area contributed by atoms with Crippen LogP contribution >= 0.6 is 0 Å². The van der Waals surface area contributed by atoms with Crippen molar-refractivity contribution in [3.05, 3.63) is 35.3 Å². The molecule has 0 saturated carbocycles. The fraction of sp³-hybridized carbons (Fsp3) is 0.200. The third kappa shape index (κ3) is 1.74. The van der Waals surface area contributed by atoms with E-state index in [2.05, 4.69) is 10.3 Å². The lowest BCUT2D eigenvalue weighted by Crippen LogP contribution is -2.19. The average molecular weight is 190 g/mol. The van der Waals surface area contributed by atoms with E-state index < -0.39 is 0 Å². The second kappa shape index (κ2) is 3.49. The van der Waals surface area contributed by atoms with Gasteiger partial charge in [0, 0.05) is 12.7 Å². The quantitative estimate of drug-likeness (QED) is 0.632. The third-order valence-electron chi connectivity index (χ3n) is 2.07. The summed E-state index contributed by atoms with van der Waals surface area (Å²) in [4.78, 5) is 15.0. The number of hydrogen-bond donors (Lipinski definition) is 2. The Bertz CT molecular complexity index is 379. The molecule has 0 bridgehead atoms. The molecule has 0 atom stereocenters. The Morgan fingerprint density at radius 3 is 2.93 bits per heavy atom. The normalized spacial score (nSPS) is 20.9. The molecule has 72 valence electrons. The zero-order valence-electron chi connectivity index (χ0n) is 7.53. The fourth-order valence-electron chi connectivity index (χ4n) is 1.43. The Hall–Kier alpha value is -1.84. The SMILES string of the molecule is O=C1C=NCC(C2=CC(O)=CNC2)=C1. The first-order chi connectivity index (χ1) is 6.75. The maximum absolute atomic E-state index is 11.0. The molecule has 0 aromatic carbocycles. The van der Waals surface area contributed by atoms with Gasteiger partial charge in [0.2, 0.25) is 0 Å². The molecule has 0 aliphatic carbocycles. The molecule has 4 nitrogen and oxygen atoms in total. The van der Waals surface area contributed by atoms with Gasteiger partial charge in [0.1, 0.15) is 5.76 Å². The Kier molecular flexibility index (Phi) is 2.18. The molecule has 0 aromatic rings. The summed E-state index contributed by atoms with van der Waals surface area (Å²) >= 11 is 0. The number of dihydropyridines is 2. The minimum atomic E-state index is -0.0961. The molecule has 14 heavy (non-hydrogen) atoms. The molecule has 2 heterocycles. The summed E-state index contributed by atoms with van der Waals surface area (Å²) in [5.74, 6) is 0.0790. The van der Waals surface area contributed by atoms with Crippen LogP contribution in [0.15, 0.2) is 40.2 Å². The fourth-order valence-corrected chi connectivity index (χ4v) is 1.43. The second-order valence-electron chi connectivity index (χ2n) is 3.16. The van der Waals surface area contributed by atoms with Gasteiger partial charge in [-0.05, 0) is 23.3 Å². The summed E-state index contributed by atoms with van der Waals surface area (Å²) < 4.78 is 0. The first-order valence-corrected chi connectivity index (χ1v) is 4.33. The van der Waals surface area contributed by atoms with E-state index in [9.17, 15) is 9.90 Å². The number of nitrogens with one attached hydrogen (secondary N) is 1. The van der Waals surface area contributed by atoms with Gasteiger partial charge in [-0.2, -0.15) is 0 Å². The Morgan fingerprint density at radius 1 is 1.36 bits per heavy atom. The average Bonchev–Trinajstić information content (AvgIpc) is 2.18. The monoisotopic (exact) mass is 190 g/mol. The number of carbonyl (C=O) groups is 1. The number of nitrogens with zero attached hydrogens (tertiary/aromatic N) is 1. The lowest BCUT2D eigenvalue weighted by atomic mass is 10.0. The molecule has 0 spiro atoms. The molecule has 0 unspecified atom stereocenters. The smallest absolute Gasteiger partial charge is 0.196 e. The Balaban J connectivity index is 2.24. The van der Waals surface area contributed by atoms with Gasteiger partial charge in [-0.3, -0.25) is 9.79 Å². The molecule has 0 saturated heterocycles. The van der Waals surface area contributed by atoms with Gasteiger partial charge in [-0.15, -0.1) is 0 Å². The zero-order chi connectivity index (χ0) is 9.97. The van der Waals surface area contributed by atoms with E-state index in [4.69, 9.17) is 0 Å². The molecule has 2 N–H and O–H groups in total. The number of ketones is 1. The van der Waals surface area contributed by atoms with Crippen LogP contribution in [0.4, 0.5) is 0 Å². The number of allylic oxidation sites excluding steroid dienone is 2. The van der Waals surface area contributed by atoms with Gasteiger partial charge in [0.25, 0.3) is 0 Å². The van der Waals surface area contributed by atoms with Crippen molar-refractivity contribution in [2.24, 2.45) is 4.99 Å². The van der Waals surface area contributed by atoms with Crippen molar-refractivity contribution in [2.75, 3.05) is 13.1 Å². The molecule has 0 fully saturated rings. The minimum absolute atomic E-state index is 0.0961. The summed E-state index contributed by atoms with van der Waals surface area (Å²) in [7, 11) is 0. The highest BCUT2D eigenvalue weighted by atomic mass is 16.3. The van der Waals surface area contributed by atoms with Crippen LogP contribution in [0.5, 0.6) is 0 Å². The van der Waals surface area contributed by atoms with Gasteiger partial charge in [-0.25, -0.2) is 0 Å². The minimum Gasteiger partial charge on any atom is -0.506 e. The van der Waals surface area contributed by atoms with Gasteiger partial charge < -0.3 is 10.4 Å². The summed E-state index contributed by atoms with van der Waals surface area (Å²) in [6.07, 6.45) is 6.05. The lowest BCUT2D eigenvalue weighted by Gasteiger charge is -2.15. The predicted molar refractivity (Wildman–Crippen MR) is 53.2 cm³/mol. The first kappa shape index (κ1) is 8.74. The van der Waals surface area contributed by atoms with Crippen LogP contribution in [0, 0.1) is 0 Å². The maximum Gasteiger partial charge on any atom is 0.196 e. The maximum atomic E-state index is 11.0. The van der Waals surface area contributed by atoms with Crippen molar-refractivity contribution in [1.82, 2.24) is 5.32 Å². The Labute approximate surface area is 81.3 Å². The molecule has 2 aliphatic rings. The molecule has 4 heteroatoms. The van der Waals surface area contributed by atoms with E-state index in [0.29, 0.717) is 13.1 Å². The van der Waals surface area contributed by atoms with Crippen molar-refractivity contribution in [2.45, 2.75) is 0 Å². The molecule has 0 amide bonds. The van der Waals surface area contributed by atoms with E-state index in [1.165, 1.54) is 12.4 Å². The molecule has 0 radical (unpaired) electrons. The topological polar surface area (TPSA) is 61.7 Å². The number of aliphatic hydroxyl groups is 1. The van der Waals surface area contributed by atoms with Gasteiger partial charge in [0.05, 0.1) is 12.8 Å². The number of hydrogen-bond acceptors (Lipinski definition) is 4. The van der Waals surface area contributed by atoms with E-state index in [0.717, 1.165) is 11.1 Å². The van der Waals surface area contributed by atoms with Crippen LogP contribution in [0.3, 0.4) is 0 Å². The van der Waals surface area contributed by atoms with Gasteiger partial charge in [-0.1, -0.05) is 0 Å². The summed E-state index contributed by atoms with van der Waals surface area (Å²) in [5, 5.41) is 12.2. The van der Waals surface area contributed by atoms with Crippen LogP contribution < -0.4 is 5.32 Å². The highest BCUT2D eigenvalue weighted by Crippen LogP contribution is 2.16. The van der Waals surface area contributed by atoms with Crippen molar-refractivity contribution < 1.29 is 9.90 Å². The van der Waals surface area contributed by atoms with Crippen LogP contribution in [-0.2, 0) is 4.79 Å². The molecule has 0 aromatic heterocycles. The molecular weight excluding hydrogens is 180 g/mol. The van der Waals surface area contributed by atoms with Crippen molar-refractivity contribution in [3.8, 4) is 0 Å².